The van der Waals surface area contributed by atoms with Gasteiger partial charge in [0.2, 0.25) is 0 Å². The van der Waals surface area contributed by atoms with Gasteiger partial charge in [0.1, 0.15) is 12.4 Å². The molecule has 0 aliphatic carbocycles. The van der Waals surface area contributed by atoms with E-state index in [1.54, 1.807) is 4.90 Å². The molecule has 0 radical (unpaired) electrons. The third-order valence-corrected chi connectivity index (χ3v) is 5.44. The van der Waals surface area contributed by atoms with Crippen LogP contribution in [-0.4, -0.2) is 43.2 Å². The maximum atomic E-state index is 14.0. The van der Waals surface area contributed by atoms with E-state index in [-0.39, 0.29) is 36.6 Å². The molecule has 0 unspecified atom stereocenters. The minimum atomic E-state index is -1.19. The number of hydrogen-bond donors (Lipinski definition) is 0. The molecule has 0 saturated carbocycles. The lowest BCUT2D eigenvalue weighted by Crippen LogP contribution is -2.47. The van der Waals surface area contributed by atoms with Crippen molar-refractivity contribution in [3.63, 3.8) is 0 Å². The highest BCUT2D eigenvalue weighted by Gasteiger charge is 2.36. The van der Waals surface area contributed by atoms with E-state index in [9.17, 15) is 18.0 Å². The minimum Gasteiger partial charge on any atom is -0.368 e. The standard InChI is InChI=1S/C21H21F3N2O2/c22-17-9-19(24)18(23)8-14(17)10-25-7-6-20-15(11-25)12-26(21(27)13-28-20)16-4-2-1-3-5-16/h1-5,8-9,15,20H,6-7,10-13H2/t15-,20+/m1/s1. The molecular weight excluding hydrogens is 369 g/mol. The summed E-state index contributed by atoms with van der Waals surface area (Å²) in [5, 5.41) is 0. The van der Waals surface area contributed by atoms with E-state index in [1.807, 2.05) is 35.2 Å². The number of amides is 1. The van der Waals surface area contributed by atoms with Crippen LogP contribution in [0.1, 0.15) is 12.0 Å². The molecule has 148 valence electrons. The molecule has 2 heterocycles. The molecular formula is C21H21F3N2O2. The van der Waals surface area contributed by atoms with Gasteiger partial charge in [-0.15, -0.1) is 0 Å². The third-order valence-electron chi connectivity index (χ3n) is 5.44. The van der Waals surface area contributed by atoms with Crippen LogP contribution in [0.5, 0.6) is 0 Å². The number of nitrogens with zero attached hydrogens (tertiary/aromatic N) is 2. The van der Waals surface area contributed by atoms with E-state index in [4.69, 9.17) is 4.74 Å². The minimum absolute atomic E-state index is 0.0356. The average molecular weight is 390 g/mol. The summed E-state index contributed by atoms with van der Waals surface area (Å²) in [6, 6.07) is 10.9. The van der Waals surface area contributed by atoms with E-state index >= 15 is 0 Å². The van der Waals surface area contributed by atoms with E-state index in [0.29, 0.717) is 32.1 Å². The van der Waals surface area contributed by atoms with Crippen molar-refractivity contribution in [2.24, 2.45) is 5.92 Å². The van der Waals surface area contributed by atoms with Crippen molar-refractivity contribution in [2.45, 2.75) is 19.1 Å². The molecule has 4 nitrogen and oxygen atoms in total. The molecule has 4 rings (SSSR count). The molecule has 0 spiro atoms. The van der Waals surface area contributed by atoms with Crippen LogP contribution in [0.15, 0.2) is 42.5 Å². The van der Waals surface area contributed by atoms with Crippen LogP contribution in [0, 0.1) is 23.4 Å². The first-order chi connectivity index (χ1) is 13.5. The zero-order chi connectivity index (χ0) is 19.7. The highest BCUT2D eigenvalue weighted by atomic mass is 19.2. The van der Waals surface area contributed by atoms with Crippen molar-refractivity contribution >= 4 is 11.6 Å². The number of anilines is 1. The fourth-order valence-corrected chi connectivity index (χ4v) is 4.00. The number of piperidine rings is 1. The van der Waals surface area contributed by atoms with Crippen LogP contribution in [-0.2, 0) is 16.1 Å². The van der Waals surface area contributed by atoms with Gasteiger partial charge in [-0.25, -0.2) is 13.2 Å². The van der Waals surface area contributed by atoms with E-state index in [2.05, 4.69) is 0 Å². The van der Waals surface area contributed by atoms with Gasteiger partial charge in [0.05, 0.1) is 6.10 Å². The second kappa shape index (κ2) is 7.93. The molecule has 1 amide bonds. The van der Waals surface area contributed by atoms with Crippen LogP contribution in [0.25, 0.3) is 0 Å². The topological polar surface area (TPSA) is 32.8 Å². The Morgan fingerprint density at radius 1 is 1.00 bits per heavy atom. The van der Waals surface area contributed by atoms with Crippen LogP contribution in [0.3, 0.4) is 0 Å². The second-order valence-corrected chi connectivity index (χ2v) is 7.33. The number of ether oxygens (including phenoxy) is 1. The number of carbonyl (C=O) groups is 1. The summed E-state index contributed by atoms with van der Waals surface area (Å²) in [7, 11) is 0. The Hall–Kier alpha value is -2.38. The number of likely N-dealkylation sites (tertiary alicyclic amines) is 1. The van der Waals surface area contributed by atoms with Crippen molar-refractivity contribution in [2.75, 3.05) is 31.1 Å². The number of para-hydroxylation sites is 1. The predicted molar refractivity (Wildman–Crippen MR) is 98.2 cm³/mol. The first-order valence-electron chi connectivity index (χ1n) is 9.34. The van der Waals surface area contributed by atoms with Gasteiger partial charge in [-0.05, 0) is 24.6 Å². The zero-order valence-corrected chi connectivity index (χ0v) is 15.3. The van der Waals surface area contributed by atoms with Crippen LogP contribution in [0.4, 0.5) is 18.9 Å². The van der Waals surface area contributed by atoms with Gasteiger partial charge in [-0.2, -0.15) is 0 Å². The summed E-state index contributed by atoms with van der Waals surface area (Å²) in [6.07, 6.45) is 0.648. The number of halogens is 3. The smallest absolute Gasteiger partial charge is 0.252 e. The second-order valence-electron chi connectivity index (χ2n) is 7.33. The van der Waals surface area contributed by atoms with Crippen LogP contribution < -0.4 is 4.90 Å². The molecule has 0 aromatic heterocycles. The van der Waals surface area contributed by atoms with E-state index in [0.717, 1.165) is 11.8 Å². The first kappa shape index (κ1) is 19.0. The lowest BCUT2D eigenvalue weighted by molar-refractivity contribution is -0.124. The predicted octanol–water partition coefficient (Wildman–Crippen LogP) is 3.36. The molecule has 2 aliphatic heterocycles. The molecule has 2 fully saturated rings. The number of hydrogen-bond acceptors (Lipinski definition) is 3. The van der Waals surface area contributed by atoms with E-state index < -0.39 is 17.5 Å². The van der Waals surface area contributed by atoms with Crippen molar-refractivity contribution in [1.29, 1.82) is 0 Å². The van der Waals surface area contributed by atoms with Gasteiger partial charge >= 0.3 is 0 Å². The fraction of sp³-hybridized carbons (Fsp3) is 0.381. The van der Waals surface area contributed by atoms with Crippen molar-refractivity contribution in [1.82, 2.24) is 4.90 Å². The quantitative estimate of drug-likeness (QED) is 0.754. The van der Waals surface area contributed by atoms with Crippen molar-refractivity contribution in [3.8, 4) is 0 Å². The SMILES string of the molecule is O=C1CO[C@H]2CCN(Cc3cc(F)c(F)cc3F)C[C@@H]2CN1c1ccccc1. The third kappa shape index (κ3) is 3.91. The molecule has 2 aromatic rings. The maximum absolute atomic E-state index is 14.0. The zero-order valence-electron chi connectivity index (χ0n) is 15.3. The highest BCUT2D eigenvalue weighted by molar-refractivity contribution is 5.94. The largest absolute Gasteiger partial charge is 0.368 e. The summed E-state index contributed by atoms with van der Waals surface area (Å²) in [6.45, 7) is 1.95. The fourth-order valence-electron chi connectivity index (χ4n) is 4.00. The Morgan fingerprint density at radius 2 is 1.75 bits per heavy atom. The molecule has 0 bridgehead atoms. The molecule has 0 N–H and O–H groups in total. The highest BCUT2D eigenvalue weighted by Crippen LogP contribution is 2.28. The van der Waals surface area contributed by atoms with Gasteiger partial charge in [0, 0.05) is 49.4 Å². The lowest BCUT2D eigenvalue weighted by Gasteiger charge is -2.38. The Balaban J connectivity index is 1.49. The Morgan fingerprint density at radius 3 is 2.54 bits per heavy atom. The normalized spacial score (nSPS) is 23.4. The molecule has 2 atom stereocenters. The van der Waals surface area contributed by atoms with Crippen molar-refractivity contribution in [3.05, 3.63) is 65.5 Å². The lowest BCUT2D eigenvalue weighted by atomic mass is 9.93. The van der Waals surface area contributed by atoms with Crippen LogP contribution in [0.2, 0.25) is 0 Å². The molecule has 2 aromatic carbocycles. The number of carbonyl (C=O) groups excluding carboxylic acids is 1. The Kier molecular flexibility index (Phi) is 5.37. The van der Waals surface area contributed by atoms with E-state index in [1.165, 1.54) is 0 Å². The van der Waals surface area contributed by atoms with Gasteiger partial charge in [0.25, 0.3) is 5.91 Å². The molecule has 7 heteroatoms. The monoisotopic (exact) mass is 390 g/mol. The molecule has 28 heavy (non-hydrogen) atoms. The van der Waals surface area contributed by atoms with Gasteiger partial charge in [-0.3, -0.25) is 9.69 Å². The van der Waals surface area contributed by atoms with Gasteiger partial charge in [-0.1, -0.05) is 18.2 Å². The average Bonchev–Trinajstić information content (AvgIpc) is 2.86. The maximum Gasteiger partial charge on any atom is 0.252 e. The Labute approximate surface area is 161 Å². The van der Waals surface area contributed by atoms with Crippen molar-refractivity contribution < 1.29 is 22.7 Å². The van der Waals surface area contributed by atoms with Gasteiger partial charge in [0.15, 0.2) is 11.6 Å². The molecule has 2 aliphatic rings. The number of fused-ring (bicyclic) bond motifs is 1. The summed E-state index contributed by atoms with van der Waals surface area (Å²) in [4.78, 5) is 16.2. The molecule has 2 saturated heterocycles. The summed E-state index contributed by atoms with van der Waals surface area (Å²) < 4.78 is 46.5. The summed E-state index contributed by atoms with van der Waals surface area (Å²) in [5.41, 5.74) is 0.948. The van der Waals surface area contributed by atoms with Crippen LogP contribution >= 0.6 is 0 Å². The Bertz CT molecular complexity index is 862. The van der Waals surface area contributed by atoms with Gasteiger partial charge < -0.3 is 9.64 Å². The number of rotatable bonds is 3. The summed E-state index contributed by atoms with van der Waals surface area (Å²) >= 11 is 0. The number of benzene rings is 2. The first-order valence-corrected chi connectivity index (χ1v) is 9.34. The summed E-state index contributed by atoms with van der Waals surface area (Å²) in [5.74, 6) is -3.02.